The fraction of sp³-hybridized carbons (Fsp3) is 0.188. The van der Waals surface area contributed by atoms with E-state index in [1.807, 2.05) is 6.92 Å². The summed E-state index contributed by atoms with van der Waals surface area (Å²) in [7, 11) is 0. The Morgan fingerprint density at radius 1 is 1.38 bits per heavy atom. The first kappa shape index (κ1) is 17.8. The van der Waals surface area contributed by atoms with Crippen LogP contribution >= 0.6 is 11.6 Å². The van der Waals surface area contributed by atoms with E-state index in [1.165, 1.54) is 12.1 Å². The van der Waals surface area contributed by atoms with Gasteiger partial charge in [0.2, 0.25) is 0 Å². The molecule has 2 rings (SSSR count). The van der Waals surface area contributed by atoms with Gasteiger partial charge in [-0.15, -0.1) is 0 Å². The first-order valence-corrected chi connectivity index (χ1v) is 7.35. The summed E-state index contributed by atoms with van der Waals surface area (Å²) >= 11 is 6.12. The molecule has 1 atom stereocenters. The number of nitrogens with two attached hydrogens (primary N) is 1. The van der Waals surface area contributed by atoms with E-state index in [2.05, 4.69) is 10.3 Å². The van der Waals surface area contributed by atoms with Gasteiger partial charge in [0.15, 0.2) is 0 Å². The molecule has 0 saturated carbocycles. The maximum atomic E-state index is 13.8. The third-order valence-electron chi connectivity index (χ3n) is 3.21. The van der Waals surface area contributed by atoms with Crippen molar-refractivity contribution in [3.05, 3.63) is 52.4 Å². The molecule has 1 aromatic carbocycles. The topological polar surface area (TPSA) is 105 Å². The Morgan fingerprint density at radius 3 is 2.71 bits per heavy atom. The van der Waals surface area contributed by atoms with Crippen LogP contribution in [0.4, 0.5) is 4.39 Å². The van der Waals surface area contributed by atoms with Gasteiger partial charge in [0.25, 0.3) is 5.91 Å². The molecule has 2 aromatic rings. The summed E-state index contributed by atoms with van der Waals surface area (Å²) < 4.78 is 13.8. The Hall–Kier alpha value is -2.51. The molecule has 0 radical (unpaired) electrons. The van der Waals surface area contributed by atoms with E-state index in [0.29, 0.717) is 16.3 Å². The molecule has 1 aromatic heterocycles. The lowest BCUT2D eigenvalue weighted by Gasteiger charge is -2.10. The number of hydrogen-bond acceptors (Lipinski definition) is 4. The number of carbonyl (C=O) groups is 2. The lowest BCUT2D eigenvalue weighted by molar-refractivity contribution is -0.138. The van der Waals surface area contributed by atoms with Crippen LogP contribution in [0, 0.1) is 12.7 Å². The molecule has 0 saturated heterocycles. The molecule has 4 N–H and O–H groups in total. The minimum absolute atomic E-state index is 0.0148. The van der Waals surface area contributed by atoms with Gasteiger partial charge in [-0.05, 0) is 36.8 Å². The van der Waals surface area contributed by atoms with Crippen LogP contribution in [0.2, 0.25) is 5.02 Å². The fourth-order valence-electron chi connectivity index (χ4n) is 2.00. The molecule has 0 fully saturated rings. The van der Waals surface area contributed by atoms with Crippen molar-refractivity contribution in [3.8, 4) is 11.3 Å². The van der Waals surface area contributed by atoms with Crippen molar-refractivity contribution in [1.29, 1.82) is 0 Å². The fourth-order valence-corrected chi connectivity index (χ4v) is 2.33. The van der Waals surface area contributed by atoms with E-state index in [1.54, 1.807) is 12.3 Å². The maximum Gasteiger partial charge on any atom is 0.322 e. The molecule has 1 amide bonds. The highest BCUT2D eigenvalue weighted by molar-refractivity contribution is 6.33. The monoisotopic (exact) mass is 351 g/mol. The van der Waals surface area contributed by atoms with Gasteiger partial charge >= 0.3 is 5.97 Å². The van der Waals surface area contributed by atoms with Gasteiger partial charge in [-0.2, -0.15) is 0 Å². The van der Waals surface area contributed by atoms with Crippen molar-refractivity contribution < 1.29 is 19.1 Å². The number of carboxylic acid groups (broad SMARTS) is 1. The molecule has 0 spiro atoms. The number of aliphatic carboxylic acids is 1. The predicted molar refractivity (Wildman–Crippen MR) is 87.3 cm³/mol. The van der Waals surface area contributed by atoms with Crippen molar-refractivity contribution in [2.24, 2.45) is 5.73 Å². The molecular weight excluding hydrogens is 337 g/mol. The molecule has 24 heavy (non-hydrogen) atoms. The molecule has 6 nitrogen and oxygen atoms in total. The molecule has 0 bridgehead atoms. The highest BCUT2D eigenvalue weighted by Crippen LogP contribution is 2.27. The summed E-state index contributed by atoms with van der Waals surface area (Å²) in [6.07, 6.45) is 1.58. The first-order valence-electron chi connectivity index (χ1n) is 6.97. The summed E-state index contributed by atoms with van der Waals surface area (Å²) in [5.41, 5.74) is 6.86. The summed E-state index contributed by atoms with van der Waals surface area (Å²) in [5, 5.41) is 11.4. The minimum atomic E-state index is -1.24. The summed E-state index contributed by atoms with van der Waals surface area (Å²) in [4.78, 5) is 26.9. The van der Waals surface area contributed by atoms with Crippen LogP contribution in [-0.2, 0) is 4.79 Å². The Bertz CT molecular complexity index is 798. The molecular formula is C16H15ClFN3O3. The van der Waals surface area contributed by atoms with Crippen LogP contribution in [0.15, 0.2) is 30.5 Å². The van der Waals surface area contributed by atoms with Crippen molar-refractivity contribution in [2.45, 2.75) is 13.0 Å². The highest BCUT2D eigenvalue weighted by atomic mass is 35.5. The Morgan fingerprint density at radius 2 is 2.08 bits per heavy atom. The largest absolute Gasteiger partial charge is 0.480 e. The maximum absolute atomic E-state index is 13.8. The zero-order valence-electron chi connectivity index (χ0n) is 12.7. The van der Waals surface area contributed by atoms with Gasteiger partial charge in [-0.3, -0.25) is 14.6 Å². The molecule has 0 aliphatic carbocycles. The first-order chi connectivity index (χ1) is 11.3. The van der Waals surface area contributed by atoms with Gasteiger partial charge in [-0.25, -0.2) is 4.39 Å². The lowest BCUT2D eigenvalue weighted by Crippen LogP contribution is -2.42. The number of aryl methyl sites for hydroxylation is 1. The van der Waals surface area contributed by atoms with E-state index >= 15 is 0 Å². The van der Waals surface area contributed by atoms with Crippen LogP contribution in [0.5, 0.6) is 0 Å². The number of hydrogen-bond donors (Lipinski definition) is 3. The van der Waals surface area contributed by atoms with Crippen LogP contribution in [-0.4, -0.2) is 34.6 Å². The summed E-state index contributed by atoms with van der Waals surface area (Å²) in [5.74, 6) is -2.53. The third-order valence-corrected chi connectivity index (χ3v) is 3.50. The average Bonchev–Trinajstić information content (AvgIpc) is 2.51. The number of carboxylic acids is 1. The van der Waals surface area contributed by atoms with Gasteiger partial charge in [0.05, 0.1) is 10.7 Å². The average molecular weight is 352 g/mol. The van der Waals surface area contributed by atoms with E-state index in [4.69, 9.17) is 22.4 Å². The Kier molecular flexibility index (Phi) is 5.48. The number of pyridine rings is 1. The number of carbonyl (C=O) groups excluding carboxylic acids is 1. The van der Waals surface area contributed by atoms with Gasteiger partial charge < -0.3 is 16.2 Å². The SMILES string of the molecule is Cc1cnc(-c2cc(F)cc(C(=O)NC[C@@H](N)C(=O)O)c2)c(Cl)c1. The van der Waals surface area contributed by atoms with E-state index in [-0.39, 0.29) is 12.1 Å². The zero-order valence-corrected chi connectivity index (χ0v) is 13.5. The third kappa shape index (κ3) is 4.27. The normalized spacial score (nSPS) is 11.8. The molecule has 8 heteroatoms. The number of aromatic nitrogens is 1. The highest BCUT2D eigenvalue weighted by Gasteiger charge is 2.16. The lowest BCUT2D eigenvalue weighted by atomic mass is 10.1. The second-order valence-corrected chi connectivity index (χ2v) is 5.63. The number of benzene rings is 1. The molecule has 126 valence electrons. The predicted octanol–water partition coefficient (Wildman–Crippen LogP) is 1.99. The summed E-state index contributed by atoms with van der Waals surface area (Å²) in [6.45, 7) is 1.54. The number of rotatable bonds is 5. The van der Waals surface area contributed by atoms with Crippen LogP contribution in [0.25, 0.3) is 11.3 Å². The second kappa shape index (κ2) is 7.37. The number of nitrogens with zero attached hydrogens (tertiary/aromatic N) is 1. The van der Waals surface area contributed by atoms with Crippen molar-refractivity contribution >= 4 is 23.5 Å². The molecule has 0 unspecified atom stereocenters. The van der Waals surface area contributed by atoms with Gasteiger partial charge in [0, 0.05) is 23.9 Å². The smallest absolute Gasteiger partial charge is 0.322 e. The second-order valence-electron chi connectivity index (χ2n) is 5.23. The summed E-state index contributed by atoms with van der Waals surface area (Å²) in [6, 6.07) is 4.11. The minimum Gasteiger partial charge on any atom is -0.480 e. The van der Waals surface area contributed by atoms with E-state index < -0.39 is 23.7 Å². The number of nitrogens with one attached hydrogen (secondary N) is 1. The van der Waals surface area contributed by atoms with Crippen LogP contribution in [0.1, 0.15) is 15.9 Å². The van der Waals surface area contributed by atoms with Crippen LogP contribution < -0.4 is 11.1 Å². The van der Waals surface area contributed by atoms with E-state index in [9.17, 15) is 14.0 Å². The quantitative estimate of drug-likeness (QED) is 0.764. The standard InChI is InChI=1S/C16H15ClFN3O3/c1-8-2-12(17)14(20-6-8)9-3-10(5-11(18)4-9)15(22)21-7-13(19)16(23)24/h2-6,13H,7,19H2,1H3,(H,21,22)(H,23,24)/t13-/m1/s1. The molecule has 0 aliphatic rings. The van der Waals surface area contributed by atoms with Crippen LogP contribution in [0.3, 0.4) is 0 Å². The Balaban J connectivity index is 2.28. The van der Waals surface area contributed by atoms with Crippen molar-refractivity contribution in [3.63, 3.8) is 0 Å². The van der Waals surface area contributed by atoms with Crippen molar-refractivity contribution in [1.82, 2.24) is 10.3 Å². The molecule has 1 heterocycles. The van der Waals surface area contributed by atoms with Crippen molar-refractivity contribution in [2.75, 3.05) is 6.54 Å². The Labute approximate surface area is 142 Å². The number of amides is 1. The van der Waals surface area contributed by atoms with Gasteiger partial charge in [-0.1, -0.05) is 11.6 Å². The van der Waals surface area contributed by atoms with Gasteiger partial charge in [0.1, 0.15) is 11.9 Å². The van der Waals surface area contributed by atoms with E-state index in [0.717, 1.165) is 11.6 Å². The molecule has 0 aliphatic heterocycles. The zero-order chi connectivity index (χ0) is 17.9. The number of halogens is 2.